The van der Waals surface area contributed by atoms with Crippen molar-refractivity contribution >= 4 is 5.91 Å². The molecule has 1 unspecified atom stereocenters. The van der Waals surface area contributed by atoms with E-state index in [2.05, 4.69) is 15.1 Å². The van der Waals surface area contributed by atoms with Gasteiger partial charge in [0, 0.05) is 39.3 Å². The predicted molar refractivity (Wildman–Crippen MR) is 89.9 cm³/mol. The molecule has 2 fully saturated rings. The second-order valence-corrected chi connectivity index (χ2v) is 6.88. The number of piperazine rings is 1. The smallest absolute Gasteiger partial charge is 0.234 e. The lowest BCUT2D eigenvalue weighted by Gasteiger charge is -2.35. The Morgan fingerprint density at radius 3 is 2.42 bits per heavy atom. The highest BCUT2D eigenvalue weighted by Crippen LogP contribution is 2.32. The fourth-order valence-corrected chi connectivity index (χ4v) is 3.09. The van der Waals surface area contributed by atoms with Crippen LogP contribution in [0.1, 0.15) is 18.4 Å². The third-order valence-corrected chi connectivity index (χ3v) is 4.85. The second kappa shape index (κ2) is 8.05. The highest BCUT2D eigenvalue weighted by molar-refractivity contribution is 5.78. The van der Waals surface area contributed by atoms with Gasteiger partial charge >= 0.3 is 0 Å². The quantitative estimate of drug-likeness (QED) is 0.775. The van der Waals surface area contributed by atoms with Crippen molar-refractivity contribution in [3.8, 4) is 0 Å². The summed E-state index contributed by atoms with van der Waals surface area (Å²) in [4.78, 5) is 16.5. The number of carbonyl (C=O) groups excluding carboxylic acids is 1. The molecular formula is C18H26FN3O2. The minimum Gasteiger partial charge on any atom is -0.392 e. The van der Waals surface area contributed by atoms with E-state index in [0.29, 0.717) is 19.0 Å². The Morgan fingerprint density at radius 2 is 1.79 bits per heavy atom. The van der Waals surface area contributed by atoms with Gasteiger partial charge < -0.3 is 10.4 Å². The Balaban J connectivity index is 1.33. The lowest BCUT2D eigenvalue weighted by atomic mass is 10.2. The van der Waals surface area contributed by atoms with E-state index in [1.54, 1.807) is 12.1 Å². The molecule has 132 valence electrons. The molecule has 0 bridgehead atoms. The summed E-state index contributed by atoms with van der Waals surface area (Å²) < 4.78 is 12.8. The van der Waals surface area contributed by atoms with Gasteiger partial charge in [0.15, 0.2) is 0 Å². The van der Waals surface area contributed by atoms with Crippen molar-refractivity contribution < 1.29 is 14.3 Å². The molecule has 3 rings (SSSR count). The van der Waals surface area contributed by atoms with E-state index in [1.165, 1.54) is 12.1 Å². The molecule has 1 heterocycles. The van der Waals surface area contributed by atoms with Gasteiger partial charge in [-0.15, -0.1) is 0 Å². The van der Waals surface area contributed by atoms with Crippen LogP contribution in [0.3, 0.4) is 0 Å². The van der Waals surface area contributed by atoms with Gasteiger partial charge in [0.25, 0.3) is 0 Å². The first-order valence-corrected chi connectivity index (χ1v) is 8.74. The SMILES string of the molecule is O=C(CN1CCN(CC(O)C2CC2)CC1)NCc1ccc(F)cc1. The summed E-state index contributed by atoms with van der Waals surface area (Å²) in [5.41, 5.74) is 0.892. The lowest BCUT2D eigenvalue weighted by molar-refractivity contribution is -0.122. The Hall–Kier alpha value is -1.50. The normalized spacial score (nSPS) is 20.8. The van der Waals surface area contributed by atoms with Crippen LogP contribution in [0.2, 0.25) is 0 Å². The highest BCUT2D eigenvalue weighted by Gasteiger charge is 2.31. The molecule has 1 aromatic rings. The van der Waals surface area contributed by atoms with E-state index in [9.17, 15) is 14.3 Å². The molecule has 1 atom stereocenters. The molecule has 0 aromatic heterocycles. The molecule has 1 aliphatic heterocycles. The fraction of sp³-hybridized carbons (Fsp3) is 0.611. The average molecular weight is 335 g/mol. The molecule has 1 saturated carbocycles. The first kappa shape index (κ1) is 17.3. The van der Waals surface area contributed by atoms with E-state index in [-0.39, 0.29) is 17.8 Å². The van der Waals surface area contributed by atoms with E-state index in [1.807, 2.05) is 0 Å². The van der Waals surface area contributed by atoms with Crippen LogP contribution >= 0.6 is 0 Å². The number of halogens is 1. The molecule has 6 heteroatoms. The lowest BCUT2D eigenvalue weighted by Crippen LogP contribution is -2.51. The fourth-order valence-electron chi connectivity index (χ4n) is 3.09. The molecule has 1 saturated heterocycles. The first-order valence-electron chi connectivity index (χ1n) is 8.74. The van der Waals surface area contributed by atoms with Crippen LogP contribution in [0.25, 0.3) is 0 Å². The van der Waals surface area contributed by atoms with Crippen molar-refractivity contribution in [3.63, 3.8) is 0 Å². The van der Waals surface area contributed by atoms with Gasteiger partial charge in [-0.05, 0) is 36.5 Å². The van der Waals surface area contributed by atoms with Gasteiger partial charge in [0.2, 0.25) is 5.91 Å². The van der Waals surface area contributed by atoms with Crippen LogP contribution in [0.4, 0.5) is 4.39 Å². The molecule has 1 aliphatic carbocycles. The molecule has 5 nitrogen and oxygen atoms in total. The summed E-state index contributed by atoms with van der Waals surface area (Å²) in [6.45, 7) is 5.06. The number of benzene rings is 1. The van der Waals surface area contributed by atoms with Crippen molar-refractivity contribution in [2.75, 3.05) is 39.3 Å². The zero-order valence-corrected chi connectivity index (χ0v) is 14.0. The molecule has 24 heavy (non-hydrogen) atoms. The zero-order valence-electron chi connectivity index (χ0n) is 14.0. The van der Waals surface area contributed by atoms with Gasteiger partial charge in [0.05, 0.1) is 12.6 Å². The van der Waals surface area contributed by atoms with Crippen molar-refractivity contribution in [2.24, 2.45) is 5.92 Å². The number of hydrogen-bond donors (Lipinski definition) is 2. The van der Waals surface area contributed by atoms with Crippen molar-refractivity contribution in [1.82, 2.24) is 15.1 Å². The maximum atomic E-state index is 12.8. The second-order valence-electron chi connectivity index (χ2n) is 6.88. The van der Waals surface area contributed by atoms with E-state index in [4.69, 9.17) is 0 Å². The topological polar surface area (TPSA) is 55.8 Å². The number of amides is 1. The minimum atomic E-state index is -0.269. The van der Waals surface area contributed by atoms with Gasteiger partial charge in [0.1, 0.15) is 5.82 Å². The standard InChI is InChI=1S/C18H26FN3O2/c19-16-5-1-14(2-6-16)11-20-18(24)13-22-9-7-21(8-10-22)12-17(23)15-3-4-15/h1-2,5-6,15,17,23H,3-4,7-13H2,(H,20,24). The molecule has 2 N–H and O–H groups in total. The predicted octanol–water partition coefficient (Wildman–Crippen LogP) is 0.830. The number of aliphatic hydroxyl groups excluding tert-OH is 1. The maximum absolute atomic E-state index is 12.8. The van der Waals surface area contributed by atoms with E-state index < -0.39 is 0 Å². The number of nitrogens with zero attached hydrogens (tertiary/aromatic N) is 2. The molecule has 0 radical (unpaired) electrons. The summed E-state index contributed by atoms with van der Waals surface area (Å²) in [5.74, 6) is 0.237. The number of aliphatic hydroxyl groups is 1. The molecule has 1 amide bonds. The van der Waals surface area contributed by atoms with E-state index in [0.717, 1.165) is 51.1 Å². The monoisotopic (exact) mass is 335 g/mol. The molecular weight excluding hydrogens is 309 g/mol. The Bertz CT molecular complexity index is 540. The third-order valence-electron chi connectivity index (χ3n) is 4.85. The summed E-state index contributed by atoms with van der Waals surface area (Å²) in [5, 5.41) is 12.9. The summed E-state index contributed by atoms with van der Waals surface area (Å²) in [6.07, 6.45) is 2.14. The van der Waals surface area contributed by atoms with Crippen LogP contribution < -0.4 is 5.32 Å². The van der Waals surface area contributed by atoms with Gasteiger partial charge in [-0.25, -0.2) is 4.39 Å². The van der Waals surface area contributed by atoms with Crippen molar-refractivity contribution in [1.29, 1.82) is 0 Å². The van der Waals surface area contributed by atoms with Gasteiger partial charge in [-0.3, -0.25) is 14.6 Å². The van der Waals surface area contributed by atoms with E-state index >= 15 is 0 Å². The highest BCUT2D eigenvalue weighted by atomic mass is 19.1. The summed E-state index contributed by atoms with van der Waals surface area (Å²) >= 11 is 0. The number of β-amino-alcohol motifs (C(OH)–C–C–N with tert-alkyl or cyclic N) is 1. The van der Waals surface area contributed by atoms with Crippen molar-refractivity contribution in [3.05, 3.63) is 35.6 Å². The average Bonchev–Trinajstić information content (AvgIpc) is 3.41. The van der Waals surface area contributed by atoms with Crippen molar-refractivity contribution in [2.45, 2.75) is 25.5 Å². The molecule has 1 aromatic carbocycles. The third kappa shape index (κ3) is 5.26. The van der Waals surface area contributed by atoms with Gasteiger partial charge in [-0.1, -0.05) is 12.1 Å². The van der Waals surface area contributed by atoms with Crippen LogP contribution in [0.5, 0.6) is 0 Å². The number of nitrogens with one attached hydrogen (secondary N) is 1. The van der Waals surface area contributed by atoms with Crippen LogP contribution in [0.15, 0.2) is 24.3 Å². The van der Waals surface area contributed by atoms with Crippen LogP contribution in [0, 0.1) is 11.7 Å². The first-order chi connectivity index (χ1) is 11.6. The summed E-state index contributed by atoms with van der Waals surface area (Å²) in [7, 11) is 0. The van der Waals surface area contributed by atoms with Gasteiger partial charge in [-0.2, -0.15) is 0 Å². The molecule has 2 aliphatic rings. The zero-order chi connectivity index (χ0) is 16.9. The maximum Gasteiger partial charge on any atom is 0.234 e. The summed E-state index contributed by atoms with van der Waals surface area (Å²) in [6, 6.07) is 6.16. The molecule has 0 spiro atoms. The number of carbonyl (C=O) groups is 1. The Labute approximate surface area is 142 Å². The van der Waals surface area contributed by atoms with Crippen LogP contribution in [-0.2, 0) is 11.3 Å². The Morgan fingerprint density at radius 1 is 1.17 bits per heavy atom. The minimum absolute atomic E-state index is 0.00853. The Kier molecular flexibility index (Phi) is 5.81. The number of hydrogen-bond acceptors (Lipinski definition) is 4. The largest absolute Gasteiger partial charge is 0.392 e. The number of rotatable bonds is 7. The van der Waals surface area contributed by atoms with Crippen LogP contribution in [-0.4, -0.2) is 66.2 Å².